The van der Waals surface area contributed by atoms with Crippen LogP contribution in [0.5, 0.6) is 0 Å². The van der Waals surface area contributed by atoms with Crippen molar-refractivity contribution < 1.29 is 4.90 Å². The molecule has 0 saturated carbocycles. The number of hydrogen-bond donors (Lipinski definition) is 2. The lowest BCUT2D eigenvalue weighted by atomic mass is 10.0. The zero-order chi connectivity index (χ0) is 17.3. The van der Waals surface area contributed by atoms with Crippen LogP contribution in [0.2, 0.25) is 0 Å². The summed E-state index contributed by atoms with van der Waals surface area (Å²) >= 11 is 0. The van der Waals surface area contributed by atoms with Gasteiger partial charge in [0.1, 0.15) is 5.82 Å². The summed E-state index contributed by atoms with van der Waals surface area (Å²) in [4.78, 5) is 6.17. The fourth-order valence-corrected chi connectivity index (χ4v) is 2.87. The third kappa shape index (κ3) is 3.26. The molecule has 5 nitrogen and oxygen atoms in total. The number of nitrogens with one attached hydrogen (secondary N) is 2. The van der Waals surface area contributed by atoms with Crippen LogP contribution < -0.4 is 10.2 Å². The predicted octanol–water partition coefficient (Wildman–Crippen LogP) is 1.88. The minimum absolute atomic E-state index is 0.902. The highest BCUT2D eigenvalue weighted by atomic mass is 15.3. The lowest BCUT2D eigenvalue weighted by Crippen LogP contribution is -3.06. The van der Waals surface area contributed by atoms with Crippen molar-refractivity contribution in [3.63, 3.8) is 0 Å². The van der Waals surface area contributed by atoms with E-state index in [0.717, 1.165) is 47.1 Å². The quantitative estimate of drug-likeness (QED) is 0.753. The maximum Gasteiger partial charge on any atom is 0.165 e. The Kier molecular flexibility index (Phi) is 4.53. The Bertz CT molecular complexity index is 846. The van der Waals surface area contributed by atoms with E-state index < -0.39 is 0 Å². The van der Waals surface area contributed by atoms with Crippen molar-refractivity contribution in [1.29, 1.82) is 0 Å². The van der Waals surface area contributed by atoms with E-state index in [1.165, 1.54) is 10.5 Å². The lowest BCUT2D eigenvalue weighted by Gasteiger charge is -2.11. The first-order valence-electron chi connectivity index (χ1n) is 8.42. The van der Waals surface area contributed by atoms with Crippen LogP contribution in [0.15, 0.2) is 30.3 Å². The van der Waals surface area contributed by atoms with Crippen molar-refractivity contribution >= 4 is 11.5 Å². The standard InChI is InChI=1S/C19H25N5/c1-13-6-8-16(9-7-13)18-15(3)22-24-17(20-10-11-23(4)5)12-14(2)21-19(18)24/h6-9,12,20H,10-11H2,1-5H3/p+1. The maximum atomic E-state index is 4.75. The van der Waals surface area contributed by atoms with E-state index in [4.69, 9.17) is 10.1 Å². The second kappa shape index (κ2) is 6.61. The number of aryl methyl sites for hydroxylation is 3. The van der Waals surface area contributed by atoms with Gasteiger partial charge in [0.05, 0.1) is 32.9 Å². The number of rotatable bonds is 5. The molecular formula is C19H26N5+. The second-order valence-corrected chi connectivity index (χ2v) is 6.73. The minimum atomic E-state index is 0.902. The highest BCUT2D eigenvalue weighted by Gasteiger charge is 2.16. The third-order valence-electron chi connectivity index (χ3n) is 4.16. The van der Waals surface area contributed by atoms with Crippen molar-refractivity contribution in [2.75, 3.05) is 32.5 Å². The van der Waals surface area contributed by atoms with Gasteiger partial charge in [-0.1, -0.05) is 29.8 Å². The van der Waals surface area contributed by atoms with E-state index in [0.29, 0.717) is 0 Å². The molecule has 24 heavy (non-hydrogen) atoms. The number of hydrogen-bond acceptors (Lipinski definition) is 3. The van der Waals surface area contributed by atoms with Gasteiger partial charge in [-0.2, -0.15) is 9.61 Å². The predicted molar refractivity (Wildman–Crippen MR) is 98.8 cm³/mol. The molecule has 1 aromatic carbocycles. The molecule has 2 heterocycles. The fraction of sp³-hybridized carbons (Fsp3) is 0.368. The van der Waals surface area contributed by atoms with Crippen LogP contribution in [0, 0.1) is 20.8 Å². The number of benzene rings is 1. The summed E-state index contributed by atoms with van der Waals surface area (Å²) in [6.07, 6.45) is 0. The van der Waals surface area contributed by atoms with Crippen molar-refractivity contribution in [2.24, 2.45) is 0 Å². The molecule has 3 rings (SSSR count). The van der Waals surface area contributed by atoms with Crippen molar-refractivity contribution in [1.82, 2.24) is 14.6 Å². The van der Waals surface area contributed by atoms with E-state index in [2.05, 4.69) is 56.7 Å². The fourth-order valence-electron chi connectivity index (χ4n) is 2.87. The Labute approximate surface area is 143 Å². The van der Waals surface area contributed by atoms with Crippen molar-refractivity contribution in [2.45, 2.75) is 20.8 Å². The summed E-state index contributed by atoms with van der Waals surface area (Å²) in [5, 5.41) is 8.24. The smallest absolute Gasteiger partial charge is 0.165 e. The van der Waals surface area contributed by atoms with Gasteiger partial charge in [-0.25, -0.2) is 4.98 Å². The molecule has 0 amide bonds. The summed E-state index contributed by atoms with van der Waals surface area (Å²) in [6.45, 7) is 8.13. The van der Waals surface area contributed by atoms with Gasteiger partial charge in [0.2, 0.25) is 0 Å². The van der Waals surface area contributed by atoms with Crippen LogP contribution in [-0.4, -0.2) is 41.8 Å². The Hall–Kier alpha value is -2.40. The largest absolute Gasteiger partial charge is 0.364 e. The molecule has 2 N–H and O–H groups in total. The number of fused-ring (bicyclic) bond motifs is 1. The van der Waals surface area contributed by atoms with Gasteiger partial charge >= 0.3 is 0 Å². The first-order valence-corrected chi connectivity index (χ1v) is 8.42. The average molecular weight is 324 g/mol. The molecule has 0 aliphatic heterocycles. The number of quaternary nitrogens is 1. The van der Waals surface area contributed by atoms with Crippen LogP contribution >= 0.6 is 0 Å². The third-order valence-corrected chi connectivity index (χ3v) is 4.16. The Balaban J connectivity index is 2.07. The molecule has 0 aliphatic carbocycles. The lowest BCUT2D eigenvalue weighted by molar-refractivity contribution is -0.856. The molecule has 3 aromatic rings. The van der Waals surface area contributed by atoms with E-state index in [1.54, 1.807) is 0 Å². The molecule has 0 radical (unpaired) electrons. The van der Waals surface area contributed by atoms with Crippen LogP contribution in [0.1, 0.15) is 17.0 Å². The normalized spacial score (nSPS) is 11.4. The Morgan fingerprint density at radius 3 is 2.46 bits per heavy atom. The Morgan fingerprint density at radius 1 is 1.08 bits per heavy atom. The van der Waals surface area contributed by atoms with E-state index >= 15 is 0 Å². The molecule has 0 aliphatic rings. The molecule has 2 aromatic heterocycles. The first-order chi connectivity index (χ1) is 11.5. The molecular weight excluding hydrogens is 298 g/mol. The number of nitrogens with zero attached hydrogens (tertiary/aromatic N) is 3. The number of likely N-dealkylation sites (N-methyl/N-ethyl adjacent to an activating group) is 1. The van der Waals surface area contributed by atoms with Crippen LogP contribution in [0.3, 0.4) is 0 Å². The first kappa shape index (κ1) is 16.5. The zero-order valence-electron chi connectivity index (χ0n) is 15.1. The van der Waals surface area contributed by atoms with Gasteiger partial charge in [0, 0.05) is 17.3 Å². The topological polar surface area (TPSA) is 46.7 Å². The molecule has 0 unspecified atom stereocenters. The summed E-state index contributed by atoms with van der Waals surface area (Å²) in [5.41, 5.74) is 6.44. The molecule has 0 saturated heterocycles. The molecule has 5 heteroatoms. The van der Waals surface area contributed by atoms with Crippen LogP contribution in [0.4, 0.5) is 5.82 Å². The van der Waals surface area contributed by atoms with Crippen molar-refractivity contribution in [3.8, 4) is 11.1 Å². The summed E-state index contributed by atoms with van der Waals surface area (Å²) in [7, 11) is 4.31. The van der Waals surface area contributed by atoms with Gasteiger partial charge in [-0.3, -0.25) is 0 Å². The Morgan fingerprint density at radius 2 is 1.79 bits per heavy atom. The minimum Gasteiger partial charge on any atom is -0.364 e. The maximum absolute atomic E-state index is 4.75. The molecule has 0 spiro atoms. The van der Waals surface area contributed by atoms with E-state index in [-0.39, 0.29) is 0 Å². The summed E-state index contributed by atoms with van der Waals surface area (Å²) in [5.74, 6) is 1.00. The number of anilines is 1. The SMILES string of the molecule is Cc1ccc(-c2c(C)nn3c(NCC[NH+](C)C)cc(C)nc23)cc1. The molecule has 126 valence electrons. The molecule has 0 bridgehead atoms. The summed E-state index contributed by atoms with van der Waals surface area (Å²) < 4.78 is 1.93. The van der Waals surface area contributed by atoms with Gasteiger partial charge in [-0.05, 0) is 26.3 Å². The monoisotopic (exact) mass is 324 g/mol. The van der Waals surface area contributed by atoms with Gasteiger partial charge < -0.3 is 10.2 Å². The molecule has 0 atom stereocenters. The second-order valence-electron chi connectivity index (χ2n) is 6.73. The number of aromatic nitrogens is 3. The highest BCUT2D eigenvalue weighted by molar-refractivity contribution is 5.81. The van der Waals surface area contributed by atoms with E-state index in [9.17, 15) is 0 Å². The van der Waals surface area contributed by atoms with Crippen LogP contribution in [-0.2, 0) is 0 Å². The van der Waals surface area contributed by atoms with E-state index in [1.807, 2.05) is 18.4 Å². The zero-order valence-corrected chi connectivity index (χ0v) is 15.1. The van der Waals surface area contributed by atoms with Gasteiger partial charge in [0.15, 0.2) is 5.65 Å². The van der Waals surface area contributed by atoms with Crippen LogP contribution in [0.25, 0.3) is 16.8 Å². The van der Waals surface area contributed by atoms with Gasteiger partial charge in [-0.15, -0.1) is 0 Å². The van der Waals surface area contributed by atoms with Gasteiger partial charge in [0.25, 0.3) is 0 Å². The average Bonchev–Trinajstić information content (AvgIpc) is 2.84. The van der Waals surface area contributed by atoms with Crippen molar-refractivity contribution in [3.05, 3.63) is 47.3 Å². The highest BCUT2D eigenvalue weighted by Crippen LogP contribution is 2.29. The summed E-state index contributed by atoms with van der Waals surface area (Å²) in [6, 6.07) is 10.6. The molecule has 0 fully saturated rings.